The van der Waals surface area contributed by atoms with E-state index in [0.717, 1.165) is 6.54 Å². The molecule has 1 aromatic rings. The summed E-state index contributed by atoms with van der Waals surface area (Å²) in [5, 5.41) is 3.39. The van der Waals surface area contributed by atoms with Gasteiger partial charge in [-0.25, -0.2) is 0 Å². The SMILES string of the molecule is CCN(C)C(C)C(=O)Nc1c(Cl)cc(N)cc1Cl. The third kappa shape index (κ3) is 3.51. The van der Waals surface area contributed by atoms with E-state index in [2.05, 4.69) is 5.32 Å². The summed E-state index contributed by atoms with van der Waals surface area (Å²) < 4.78 is 0. The number of carbonyl (C=O) groups excluding carboxylic acids is 1. The molecule has 0 aliphatic carbocycles. The molecule has 0 aliphatic rings. The lowest BCUT2D eigenvalue weighted by Crippen LogP contribution is -2.39. The second kappa shape index (κ2) is 6.27. The van der Waals surface area contributed by atoms with Crippen molar-refractivity contribution in [3.05, 3.63) is 22.2 Å². The van der Waals surface area contributed by atoms with Gasteiger partial charge >= 0.3 is 0 Å². The molecule has 0 radical (unpaired) electrons. The highest BCUT2D eigenvalue weighted by molar-refractivity contribution is 6.40. The fourth-order valence-electron chi connectivity index (χ4n) is 1.41. The molecule has 1 aromatic carbocycles. The number of rotatable bonds is 4. The average molecular weight is 290 g/mol. The lowest BCUT2D eigenvalue weighted by molar-refractivity contribution is -0.120. The number of halogens is 2. The number of amides is 1. The number of likely N-dealkylation sites (N-methyl/N-ethyl adjacent to an activating group) is 1. The van der Waals surface area contributed by atoms with E-state index in [-0.39, 0.29) is 11.9 Å². The van der Waals surface area contributed by atoms with Gasteiger partial charge in [0.15, 0.2) is 0 Å². The molecule has 4 nitrogen and oxygen atoms in total. The molecule has 100 valence electrons. The number of nitrogen functional groups attached to an aromatic ring is 1. The van der Waals surface area contributed by atoms with Gasteiger partial charge in [0.25, 0.3) is 0 Å². The zero-order chi connectivity index (χ0) is 13.9. The highest BCUT2D eigenvalue weighted by Crippen LogP contribution is 2.32. The van der Waals surface area contributed by atoms with Crippen LogP contribution in [-0.2, 0) is 4.79 Å². The molecule has 1 unspecified atom stereocenters. The van der Waals surface area contributed by atoms with Crippen LogP contribution in [0.4, 0.5) is 11.4 Å². The maximum Gasteiger partial charge on any atom is 0.241 e. The van der Waals surface area contributed by atoms with Gasteiger partial charge < -0.3 is 11.1 Å². The molecule has 18 heavy (non-hydrogen) atoms. The van der Waals surface area contributed by atoms with Crippen LogP contribution in [0.15, 0.2) is 12.1 Å². The molecule has 0 aromatic heterocycles. The van der Waals surface area contributed by atoms with E-state index in [1.165, 1.54) is 0 Å². The largest absolute Gasteiger partial charge is 0.399 e. The molecule has 1 amide bonds. The minimum absolute atomic E-state index is 0.159. The van der Waals surface area contributed by atoms with Gasteiger partial charge in [0.1, 0.15) is 0 Å². The van der Waals surface area contributed by atoms with E-state index in [1.54, 1.807) is 12.1 Å². The van der Waals surface area contributed by atoms with Gasteiger partial charge in [-0.15, -0.1) is 0 Å². The Morgan fingerprint density at radius 2 is 1.94 bits per heavy atom. The summed E-state index contributed by atoms with van der Waals surface area (Å²) in [4.78, 5) is 13.9. The Labute approximate surface area is 117 Å². The molecular formula is C12H17Cl2N3O. The minimum atomic E-state index is -0.264. The third-order valence-electron chi connectivity index (χ3n) is 2.85. The van der Waals surface area contributed by atoms with Gasteiger partial charge in [-0.05, 0) is 32.6 Å². The summed E-state index contributed by atoms with van der Waals surface area (Å²) in [6.07, 6.45) is 0. The van der Waals surface area contributed by atoms with Crippen molar-refractivity contribution in [2.24, 2.45) is 0 Å². The van der Waals surface area contributed by atoms with Crippen LogP contribution in [0.3, 0.4) is 0 Å². The Morgan fingerprint density at radius 1 is 1.44 bits per heavy atom. The Bertz CT molecular complexity index is 428. The maximum absolute atomic E-state index is 12.0. The Hall–Kier alpha value is -0.970. The summed E-state index contributed by atoms with van der Waals surface area (Å²) in [5.41, 5.74) is 6.46. The van der Waals surface area contributed by atoms with Gasteiger partial charge in [-0.1, -0.05) is 30.1 Å². The van der Waals surface area contributed by atoms with E-state index >= 15 is 0 Å². The van der Waals surface area contributed by atoms with E-state index in [1.807, 2.05) is 25.8 Å². The van der Waals surface area contributed by atoms with Crippen LogP contribution in [-0.4, -0.2) is 30.4 Å². The summed E-state index contributed by atoms with van der Waals surface area (Å²) in [6, 6.07) is 2.84. The van der Waals surface area contributed by atoms with Crippen molar-refractivity contribution in [2.75, 3.05) is 24.6 Å². The van der Waals surface area contributed by atoms with E-state index in [4.69, 9.17) is 28.9 Å². The second-order valence-corrected chi connectivity index (χ2v) is 4.91. The van der Waals surface area contributed by atoms with Crippen LogP contribution in [0, 0.1) is 0 Å². The number of carbonyl (C=O) groups is 1. The maximum atomic E-state index is 12.0. The molecule has 0 bridgehead atoms. The van der Waals surface area contributed by atoms with Crippen LogP contribution in [0.5, 0.6) is 0 Å². The van der Waals surface area contributed by atoms with Gasteiger partial charge in [-0.3, -0.25) is 9.69 Å². The van der Waals surface area contributed by atoms with Crippen molar-refractivity contribution in [1.82, 2.24) is 4.90 Å². The number of hydrogen-bond donors (Lipinski definition) is 2. The number of nitrogens with zero attached hydrogens (tertiary/aromatic N) is 1. The van der Waals surface area contributed by atoms with Gasteiger partial charge in [0.05, 0.1) is 21.8 Å². The first-order valence-corrected chi connectivity index (χ1v) is 6.38. The summed E-state index contributed by atoms with van der Waals surface area (Å²) in [7, 11) is 1.87. The van der Waals surface area contributed by atoms with Crippen LogP contribution in [0.2, 0.25) is 10.0 Å². The molecule has 1 rings (SSSR count). The quantitative estimate of drug-likeness (QED) is 0.838. The van der Waals surface area contributed by atoms with Crippen LogP contribution in [0.1, 0.15) is 13.8 Å². The predicted molar refractivity (Wildman–Crippen MR) is 77.3 cm³/mol. The second-order valence-electron chi connectivity index (χ2n) is 4.10. The summed E-state index contributed by atoms with van der Waals surface area (Å²) in [5.74, 6) is -0.159. The Morgan fingerprint density at radius 3 is 2.39 bits per heavy atom. The molecule has 0 aliphatic heterocycles. The standard InChI is InChI=1S/C12H17Cl2N3O/c1-4-17(3)7(2)12(18)16-11-9(13)5-8(15)6-10(11)14/h5-7H,4,15H2,1-3H3,(H,16,18). The minimum Gasteiger partial charge on any atom is -0.399 e. The number of nitrogens with two attached hydrogens (primary N) is 1. The smallest absolute Gasteiger partial charge is 0.241 e. The fourth-order valence-corrected chi connectivity index (χ4v) is 2.01. The first-order chi connectivity index (χ1) is 8.36. The van der Waals surface area contributed by atoms with Crippen LogP contribution < -0.4 is 11.1 Å². The molecule has 1 atom stereocenters. The number of nitrogens with one attached hydrogen (secondary N) is 1. The van der Waals surface area contributed by atoms with Crippen molar-refractivity contribution in [3.63, 3.8) is 0 Å². The monoisotopic (exact) mass is 289 g/mol. The molecule has 0 saturated carbocycles. The van der Waals surface area contributed by atoms with Crippen molar-refractivity contribution >= 4 is 40.5 Å². The number of anilines is 2. The van der Waals surface area contributed by atoms with Crippen molar-refractivity contribution in [3.8, 4) is 0 Å². The topological polar surface area (TPSA) is 58.4 Å². The van der Waals surface area contributed by atoms with E-state index < -0.39 is 0 Å². The zero-order valence-electron chi connectivity index (χ0n) is 10.6. The number of benzene rings is 1. The fraction of sp³-hybridized carbons (Fsp3) is 0.417. The first-order valence-electron chi connectivity index (χ1n) is 5.62. The molecule has 0 heterocycles. The van der Waals surface area contributed by atoms with E-state index in [0.29, 0.717) is 21.4 Å². The van der Waals surface area contributed by atoms with Crippen LogP contribution >= 0.6 is 23.2 Å². The van der Waals surface area contributed by atoms with Gasteiger partial charge in [-0.2, -0.15) is 0 Å². The molecule has 0 spiro atoms. The predicted octanol–water partition coefficient (Wildman–Crippen LogP) is 2.85. The lowest BCUT2D eigenvalue weighted by Gasteiger charge is -2.22. The molecule has 3 N–H and O–H groups in total. The van der Waals surface area contributed by atoms with E-state index in [9.17, 15) is 4.79 Å². The summed E-state index contributed by atoms with van der Waals surface area (Å²) in [6.45, 7) is 4.57. The van der Waals surface area contributed by atoms with Crippen molar-refractivity contribution < 1.29 is 4.79 Å². The zero-order valence-corrected chi connectivity index (χ0v) is 12.1. The normalized spacial score (nSPS) is 12.6. The van der Waals surface area contributed by atoms with Crippen LogP contribution in [0.25, 0.3) is 0 Å². The Balaban J connectivity index is 2.89. The van der Waals surface area contributed by atoms with Crippen molar-refractivity contribution in [2.45, 2.75) is 19.9 Å². The van der Waals surface area contributed by atoms with Gasteiger partial charge in [0.2, 0.25) is 5.91 Å². The molecule has 0 saturated heterocycles. The highest BCUT2D eigenvalue weighted by Gasteiger charge is 2.19. The third-order valence-corrected chi connectivity index (χ3v) is 3.45. The average Bonchev–Trinajstić information content (AvgIpc) is 2.31. The van der Waals surface area contributed by atoms with Crippen molar-refractivity contribution in [1.29, 1.82) is 0 Å². The summed E-state index contributed by atoms with van der Waals surface area (Å²) >= 11 is 12.0. The molecule has 0 fully saturated rings. The van der Waals surface area contributed by atoms with Gasteiger partial charge in [0, 0.05) is 5.69 Å². The lowest BCUT2D eigenvalue weighted by atomic mass is 10.2. The number of hydrogen-bond acceptors (Lipinski definition) is 3. The Kier molecular flexibility index (Phi) is 5.26. The highest BCUT2D eigenvalue weighted by atomic mass is 35.5. The first kappa shape index (κ1) is 15.1. The molecule has 6 heteroatoms. The molecular weight excluding hydrogens is 273 g/mol.